The molecule has 0 unspecified atom stereocenters. The van der Waals surface area contributed by atoms with Gasteiger partial charge >= 0.3 is 0 Å². The van der Waals surface area contributed by atoms with Crippen molar-refractivity contribution in [1.82, 2.24) is 0 Å². The van der Waals surface area contributed by atoms with Crippen molar-refractivity contribution >= 4 is 11.6 Å². The Morgan fingerprint density at radius 1 is 1.08 bits per heavy atom. The fourth-order valence-corrected chi connectivity index (χ4v) is 7.82. The molecule has 1 heterocycles. The van der Waals surface area contributed by atoms with Gasteiger partial charge in [0.05, 0.1) is 6.10 Å². The maximum atomic E-state index is 13.1. The van der Waals surface area contributed by atoms with Crippen LogP contribution in [-0.2, 0) is 14.3 Å². The SMILES string of the molecule is CC[C@@H]1CC(=O)[C@@]2(CC[C@H]3[C@@H]4CCC5=CC(=O)CC[C@@H]5[C@H]4CC[C@@]32C)O1. The number of carbonyl (C=O) groups excluding carboxylic acids is 2. The van der Waals surface area contributed by atoms with E-state index in [0.29, 0.717) is 29.8 Å². The van der Waals surface area contributed by atoms with Crippen LogP contribution < -0.4 is 0 Å². The van der Waals surface area contributed by atoms with Crippen molar-refractivity contribution in [2.45, 2.75) is 89.8 Å². The van der Waals surface area contributed by atoms with E-state index < -0.39 is 5.60 Å². The topological polar surface area (TPSA) is 43.4 Å². The second-order valence-electron chi connectivity index (χ2n) is 9.90. The molecule has 0 aromatic heterocycles. The van der Waals surface area contributed by atoms with Gasteiger partial charge in [0, 0.05) is 18.3 Å². The molecule has 142 valence electrons. The van der Waals surface area contributed by atoms with Gasteiger partial charge in [-0.15, -0.1) is 0 Å². The van der Waals surface area contributed by atoms with Gasteiger partial charge in [0.1, 0.15) is 5.60 Å². The van der Waals surface area contributed by atoms with Crippen LogP contribution in [0.25, 0.3) is 0 Å². The predicted molar refractivity (Wildman–Crippen MR) is 99.6 cm³/mol. The lowest BCUT2D eigenvalue weighted by Gasteiger charge is -2.55. The molecule has 0 N–H and O–H groups in total. The van der Waals surface area contributed by atoms with Crippen LogP contribution in [0, 0.1) is 29.1 Å². The van der Waals surface area contributed by atoms with E-state index in [1.807, 2.05) is 6.08 Å². The summed E-state index contributed by atoms with van der Waals surface area (Å²) in [4.78, 5) is 24.9. The predicted octanol–water partition coefficient (Wildman–Crippen LogP) is 4.64. The summed E-state index contributed by atoms with van der Waals surface area (Å²) in [6.07, 6.45) is 12.2. The van der Waals surface area contributed by atoms with E-state index in [1.54, 1.807) is 0 Å². The van der Waals surface area contributed by atoms with Crippen LogP contribution in [0.5, 0.6) is 0 Å². The van der Waals surface area contributed by atoms with Crippen LogP contribution in [0.15, 0.2) is 11.6 Å². The molecule has 1 spiro atoms. The van der Waals surface area contributed by atoms with Gasteiger partial charge in [-0.1, -0.05) is 19.4 Å². The molecular weight excluding hydrogens is 324 g/mol. The van der Waals surface area contributed by atoms with Crippen LogP contribution in [0.1, 0.15) is 78.1 Å². The van der Waals surface area contributed by atoms with Crippen LogP contribution in [0.3, 0.4) is 0 Å². The zero-order chi connectivity index (χ0) is 18.1. The molecule has 3 saturated carbocycles. The van der Waals surface area contributed by atoms with Crippen LogP contribution in [0.4, 0.5) is 0 Å². The lowest BCUT2D eigenvalue weighted by Crippen LogP contribution is -2.55. The number of carbonyl (C=O) groups is 2. The molecule has 0 amide bonds. The lowest BCUT2D eigenvalue weighted by atomic mass is 9.50. The molecule has 0 aromatic carbocycles. The van der Waals surface area contributed by atoms with E-state index in [1.165, 1.54) is 18.4 Å². The Balaban J connectivity index is 1.45. The summed E-state index contributed by atoms with van der Waals surface area (Å²) >= 11 is 0. The molecule has 0 aromatic rings. The molecular formula is C23H32O3. The smallest absolute Gasteiger partial charge is 0.167 e. The van der Waals surface area contributed by atoms with Gasteiger partial charge in [-0.2, -0.15) is 0 Å². The van der Waals surface area contributed by atoms with Gasteiger partial charge in [0.15, 0.2) is 11.6 Å². The lowest BCUT2D eigenvalue weighted by molar-refractivity contribution is -0.164. The van der Waals surface area contributed by atoms with Crippen molar-refractivity contribution < 1.29 is 14.3 Å². The number of hydrogen-bond donors (Lipinski definition) is 0. The van der Waals surface area contributed by atoms with Gasteiger partial charge in [-0.05, 0) is 81.1 Å². The highest BCUT2D eigenvalue weighted by Crippen LogP contribution is 2.67. The van der Waals surface area contributed by atoms with E-state index in [4.69, 9.17) is 4.74 Å². The van der Waals surface area contributed by atoms with Crippen molar-refractivity contribution in [3.63, 3.8) is 0 Å². The second-order valence-corrected chi connectivity index (χ2v) is 9.90. The van der Waals surface area contributed by atoms with Gasteiger partial charge < -0.3 is 4.74 Å². The average molecular weight is 357 g/mol. The van der Waals surface area contributed by atoms with E-state index in [9.17, 15) is 9.59 Å². The maximum absolute atomic E-state index is 13.1. The summed E-state index contributed by atoms with van der Waals surface area (Å²) in [5.41, 5.74) is 0.987. The molecule has 5 aliphatic rings. The van der Waals surface area contributed by atoms with Gasteiger partial charge in [-0.3, -0.25) is 9.59 Å². The van der Waals surface area contributed by atoms with E-state index in [2.05, 4.69) is 13.8 Å². The van der Waals surface area contributed by atoms with E-state index in [0.717, 1.165) is 56.8 Å². The Bertz CT molecular complexity index is 679. The summed E-state index contributed by atoms with van der Waals surface area (Å²) in [6, 6.07) is 0. The first-order chi connectivity index (χ1) is 12.5. The highest BCUT2D eigenvalue weighted by Gasteiger charge is 2.68. The fraction of sp³-hybridized carbons (Fsp3) is 0.826. The number of Topliss-reactive ketones (excluding diaryl/α,β-unsaturated/α-hetero) is 1. The van der Waals surface area contributed by atoms with Crippen molar-refractivity contribution in [1.29, 1.82) is 0 Å². The van der Waals surface area contributed by atoms with Gasteiger partial charge in [0.2, 0.25) is 0 Å². The number of rotatable bonds is 1. The van der Waals surface area contributed by atoms with Gasteiger partial charge in [-0.25, -0.2) is 0 Å². The molecule has 1 saturated heterocycles. The van der Waals surface area contributed by atoms with Crippen LogP contribution >= 0.6 is 0 Å². The minimum absolute atomic E-state index is 0.0286. The van der Waals surface area contributed by atoms with Crippen molar-refractivity contribution in [3.8, 4) is 0 Å². The standard InChI is InChI=1S/C23H32O3/c1-3-16-13-21(25)23(26-16)11-9-20-19-6-4-14-12-15(24)5-7-17(14)18(19)8-10-22(20,23)2/h12,16-20H,3-11,13H2,1-2H3/t16-,17+,18-,19-,20+,22+,23-/m1/s1. The third-order valence-electron chi connectivity index (χ3n) is 9.11. The monoisotopic (exact) mass is 356 g/mol. The molecule has 4 fully saturated rings. The number of hydrogen-bond acceptors (Lipinski definition) is 3. The molecule has 26 heavy (non-hydrogen) atoms. The number of ketones is 2. The van der Waals surface area contributed by atoms with Crippen LogP contribution in [-0.4, -0.2) is 23.3 Å². The summed E-state index contributed by atoms with van der Waals surface area (Å²) in [5, 5.41) is 0. The normalized spacial score (nSPS) is 50.4. The molecule has 3 nitrogen and oxygen atoms in total. The summed E-state index contributed by atoms with van der Waals surface area (Å²) < 4.78 is 6.54. The first kappa shape index (κ1) is 17.2. The Hall–Kier alpha value is -0.960. The van der Waals surface area contributed by atoms with Crippen molar-refractivity contribution in [2.75, 3.05) is 0 Å². The Labute approximate surface area is 156 Å². The van der Waals surface area contributed by atoms with Crippen LogP contribution in [0.2, 0.25) is 0 Å². The molecule has 1 aliphatic heterocycles. The summed E-state index contributed by atoms with van der Waals surface area (Å²) in [7, 11) is 0. The minimum atomic E-state index is -0.484. The zero-order valence-electron chi connectivity index (χ0n) is 16.3. The minimum Gasteiger partial charge on any atom is -0.363 e. The molecule has 7 atom stereocenters. The molecule has 0 bridgehead atoms. The van der Waals surface area contributed by atoms with Crippen molar-refractivity contribution in [2.24, 2.45) is 29.1 Å². The average Bonchev–Trinajstić information content (AvgIpc) is 3.13. The largest absolute Gasteiger partial charge is 0.363 e. The molecule has 3 heteroatoms. The van der Waals surface area contributed by atoms with E-state index >= 15 is 0 Å². The number of ether oxygens (including phenoxy) is 1. The number of allylic oxidation sites excluding steroid dienone is 1. The van der Waals surface area contributed by atoms with Gasteiger partial charge in [0.25, 0.3) is 0 Å². The highest BCUT2D eigenvalue weighted by molar-refractivity contribution is 5.92. The third-order valence-corrected chi connectivity index (χ3v) is 9.11. The highest BCUT2D eigenvalue weighted by atomic mass is 16.5. The summed E-state index contributed by atoms with van der Waals surface area (Å²) in [6.45, 7) is 4.52. The fourth-order valence-electron chi connectivity index (χ4n) is 7.82. The first-order valence-electron chi connectivity index (χ1n) is 10.9. The van der Waals surface area contributed by atoms with Crippen molar-refractivity contribution in [3.05, 3.63) is 11.6 Å². The molecule has 5 rings (SSSR count). The zero-order valence-corrected chi connectivity index (χ0v) is 16.3. The Morgan fingerprint density at radius 3 is 2.69 bits per heavy atom. The second kappa shape index (κ2) is 5.77. The maximum Gasteiger partial charge on any atom is 0.167 e. The Kier molecular flexibility index (Phi) is 3.81. The Morgan fingerprint density at radius 2 is 1.92 bits per heavy atom. The quantitative estimate of drug-likeness (QED) is 0.688. The molecule has 0 radical (unpaired) electrons. The van der Waals surface area contributed by atoms with E-state index in [-0.39, 0.29) is 11.5 Å². The molecule has 4 aliphatic carbocycles. The first-order valence-corrected chi connectivity index (χ1v) is 10.9. The summed E-state index contributed by atoms with van der Waals surface area (Å²) in [5.74, 6) is 3.45. The number of fused-ring (bicyclic) bond motifs is 6. The third kappa shape index (κ3) is 2.10.